The standard InChI is InChI=1S/C12H13N3O/c13-7-1-3-9(11(15)5-7)10-4-2-8(14)6-12(10)16/h1-6,16H,13-15H2. The van der Waals surface area contributed by atoms with Crippen LogP contribution in [0.2, 0.25) is 0 Å². The highest BCUT2D eigenvalue weighted by atomic mass is 16.3. The Kier molecular flexibility index (Phi) is 2.32. The molecule has 2 aromatic rings. The van der Waals surface area contributed by atoms with Crippen molar-refractivity contribution in [3.05, 3.63) is 36.4 Å². The van der Waals surface area contributed by atoms with Crippen LogP contribution in [0.15, 0.2) is 36.4 Å². The number of rotatable bonds is 1. The summed E-state index contributed by atoms with van der Waals surface area (Å²) in [6.07, 6.45) is 0. The van der Waals surface area contributed by atoms with E-state index in [1.807, 2.05) is 0 Å². The summed E-state index contributed by atoms with van der Waals surface area (Å²) >= 11 is 0. The zero-order valence-electron chi connectivity index (χ0n) is 8.64. The number of nitrogens with two attached hydrogens (primary N) is 3. The lowest BCUT2D eigenvalue weighted by molar-refractivity contribution is 0.477. The van der Waals surface area contributed by atoms with Crippen LogP contribution >= 0.6 is 0 Å². The first-order valence-corrected chi connectivity index (χ1v) is 4.82. The second kappa shape index (κ2) is 3.66. The second-order valence-electron chi connectivity index (χ2n) is 3.62. The van der Waals surface area contributed by atoms with Crippen LogP contribution in [-0.4, -0.2) is 5.11 Å². The van der Waals surface area contributed by atoms with Crippen LogP contribution < -0.4 is 17.2 Å². The molecule has 0 aliphatic heterocycles. The first-order valence-electron chi connectivity index (χ1n) is 4.82. The quantitative estimate of drug-likeness (QED) is 0.545. The summed E-state index contributed by atoms with van der Waals surface area (Å²) in [5.74, 6) is 0.108. The third kappa shape index (κ3) is 1.72. The van der Waals surface area contributed by atoms with E-state index < -0.39 is 0 Å². The van der Waals surface area contributed by atoms with Gasteiger partial charge in [-0.05, 0) is 24.3 Å². The van der Waals surface area contributed by atoms with Crippen LogP contribution in [0, 0.1) is 0 Å². The van der Waals surface area contributed by atoms with E-state index in [0.717, 1.165) is 5.56 Å². The summed E-state index contributed by atoms with van der Waals surface area (Å²) in [5, 5.41) is 9.77. The van der Waals surface area contributed by atoms with E-state index in [1.54, 1.807) is 30.3 Å². The van der Waals surface area contributed by atoms with E-state index in [4.69, 9.17) is 17.2 Å². The van der Waals surface area contributed by atoms with Gasteiger partial charge in [0.25, 0.3) is 0 Å². The third-order valence-electron chi connectivity index (χ3n) is 2.39. The van der Waals surface area contributed by atoms with Crippen molar-refractivity contribution in [1.82, 2.24) is 0 Å². The molecular formula is C12H13N3O. The topological polar surface area (TPSA) is 98.3 Å². The van der Waals surface area contributed by atoms with Gasteiger partial charge in [-0.2, -0.15) is 0 Å². The molecular weight excluding hydrogens is 202 g/mol. The van der Waals surface area contributed by atoms with Crippen molar-refractivity contribution in [2.45, 2.75) is 0 Å². The lowest BCUT2D eigenvalue weighted by atomic mass is 10.0. The number of hydrogen-bond donors (Lipinski definition) is 4. The summed E-state index contributed by atoms with van der Waals surface area (Å²) in [6.45, 7) is 0. The molecule has 7 N–H and O–H groups in total. The maximum Gasteiger partial charge on any atom is 0.125 e. The first kappa shape index (κ1) is 10.2. The zero-order chi connectivity index (χ0) is 11.7. The van der Waals surface area contributed by atoms with Gasteiger partial charge in [-0.1, -0.05) is 6.07 Å². The second-order valence-corrected chi connectivity index (χ2v) is 3.62. The normalized spacial score (nSPS) is 10.2. The van der Waals surface area contributed by atoms with Crippen LogP contribution in [0.5, 0.6) is 5.75 Å². The van der Waals surface area contributed by atoms with Crippen LogP contribution in [-0.2, 0) is 0 Å². The molecule has 0 bridgehead atoms. The average molecular weight is 215 g/mol. The summed E-state index contributed by atoms with van der Waals surface area (Å²) in [4.78, 5) is 0. The molecule has 0 aliphatic carbocycles. The van der Waals surface area contributed by atoms with Crippen LogP contribution in [0.1, 0.15) is 0 Å². The molecule has 2 aromatic carbocycles. The van der Waals surface area contributed by atoms with E-state index in [1.165, 1.54) is 6.07 Å². The van der Waals surface area contributed by atoms with Crippen LogP contribution in [0.4, 0.5) is 17.1 Å². The van der Waals surface area contributed by atoms with Crippen molar-refractivity contribution in [2.75, 3.05) is 17.2 Å². The molecule has 0 atom stereocenters. The summed E-state index contributed by atoms with van der Waals surface area (Å²) in [5.41, 5.74) is 20.0. The Hall–Kier alpha value is -2.36. The molecule has 0 unspecified atom stereocenters. The van der Waals surface area contributed by atoms with E-state index >= 15 is 0 Å². The molecule has 0 saturated carbocycles. The molecule has 4 heteroatoms. The minimum atomic E-state index is 0.108. The molecule has 82 valence electrons. The minimum Gasteiger partial charge on any atom is -0.507 e. The maximum atomic E-state index is 9.77. The Morgan fingerprint density at radius 3 is 1.88 bits per heavy atom. The van der Waals surface area contributed by atoms with Crippen LogP contribution in [0.25, 0.3) is 11.1 Å². The summed E-state index contributed by atoms with van der Waals surface area (Å²) < 4.78 is 0. The number of phenolic OH excluding ortho intramolecular Hbond substituents is 1. The van der Waals surface area contributed by atoms with Gasteiger partial charge in [0.1, 0.15) is 5.75 Å². The fourth-order valence-electron chi connectivity index (χ4n) is 1.60. The molecule has 0 fully saturated rings. The monoisotopic (exact) mass is 215 g/mol. The average Bonchev–Trinajstić information content (AvgIpc) is 2.19. The molecule has 0 aliphatic rings. The molecule has 0 amide bonds. The Morgan fingerprint density at radius 2 is 1.31 bits per heavy atom. The Labute approximate surface area is 93.3 Å². The zero-order valence-corrected chi connectivity index (χ0v) is 8.64. The molecule has 0 spiro atoms. The van der Waals surface area contributed by atoms with Gasteiger partial charge in [0, 0.05) is 34.3 Å². The van der Waals surface area contributed by atoms with Gasteiger partial charge in [-0.3, -0.25) is 0 Å². The number of hydrogen-bond acceptors (Lipinski definition) is 4. The Bertz CT molecular complexity index is 488. The van der Waals surface area contributed by atoms with E-state index in [2.05, 4.69) is 0 Å². The fourth-order valence-corrected chi connectivity index (χ4v) is 1.60. The van der Waals surface area contributed by atoms with Gasteiger partial charge in [0.2, 0.25) is 0 Å². The largest absolute Gasteiger partial charge is 0.507 e. The number of aromatic hydroxyl groups is 1. The smallest absolute Gasteiger partial charge is 0.125 e. The summed E-state index contributed by atoms with van der Waals surface area (Å²) in [7, 11) is 0. The molecule has 2 rings (SSSR count). The van der Waals surface area contributed by atoms with Crippen molar-refractivity contribution in [3.63, 3.8) is 0 Å². The third-order valence-corrected chi connectivity index (χ3v) is 2.39. The van der Waals surface area contributed by atoms with Crippen molar-refractivity contribution < 1.29 is 5.11 Å². The lowest BCUT2D eigenvalue weighted by Crippen LogP contribution is -1.94. The first-order chi connectivity index (χ1) is 7.58. The highest BCUT2D eigenvalue weighted by Gasteiger charge is 2.07. The van der Waals surface area contributed by atoms with Gasteiger partial charge in [0.15, 0.2) is 0 Å². The van der Waals surface area contributed by atoms with Gasteiger partial charge < -0.3 is 22.3 Å². The molecule has 4 nitrogen and oxygen atoms in total. The highest BCUT2D eigenvalue weighted by molar-refractivity contribution is 5.83. The Balaban J connectivity index is 2.59. The maximum absolute atomic E-state index is 9.77. The molecule has 16 heavy (non-hydrogen) atoms. The van der Waals surface area contributed by atoms with Crippen molar-refractivity contribution in [2.24, 2.45) is 0 Å². The Morgan fingerprint density at radius 1 is 0.750 bits per heavy atom. The molecule has 0 aromatic heterocycles. The number of benzene rings is 2. The lowest BCUT2D eigenvalue weighted by Gasteiger charge is -2.09. The molecule has 0 heterocycles. The van der Waals surface area contributed by atoms with Gasteiger partial charge in [-0.25, -0.2) is 0 Å². The van der Waals surface area contributed by atoms with Crippen molar-refractivity contribution >= 4 is 17.1 Å². The number of anilines is 3. The highest BCUT2D eigenvalue weighted by Crippen LogP contribution is 2.34. The van der Waals surface area contributed by atoms with E-state index in [-0.39, 0.29) is 5.75 Å². The van der Waals surface area contributed by atoms with Gasteiger partial charge >= 0.3 is 0 Å². The van der Waals surface area contributed by atoms with Gasteiger partial charge in [-0.15, -0.1) is 0 Å². The van der Waals surface area contributed by atoms with Crippen molar-refractivity contribution in [3.8, 4) is 16.9 Å². The van der Waals surface area contributed by atoms with E-state index in [9.17, 15) is 5.11 Å². The predicted octanol–water partition coefficient (Wildman–Crippen LogP) is 1.81. The predicted molar refractivity (Wildman–Crippen MR) is 66.8 cm³/mol. The van der Waals surface area contributed by atoms with Crippen LogP contribution in [0.3, 0.4) is 0 Å². The van der Waals surface area contributed by atoms with Crippen molar-refractivity contribution in [1.29, 1.82) is 0 Å². The fraction of sp³-hybridized carbons (Fsp3) is 0. The summed E-state index contributed by atoms with van der Waals surface area (Å²) in [6, 6.07) is 10.1. The molecule has 0 saturated heterocycles. The van der Waals surface area contributed by atoms with E-state index in [0.29, 0.717) is 22.6 Å². The van der Waals surface area contributed by atoms with Gasteiger partial charge in [0.05, 0.1) is 0 Å². The SMILES string of the molecule is Nc1ccc(-c2ccc(N)cc2O)c(N)c1. The number of nitrogen functional groups attached to an aromatic ring is 3. The molecule has 0 radical (unpaired) electrons. The number of phenols is 1. The minimum absolute atomic E-state index is 0.108.